The second kappa shape index (κ2) is 10.4. The van der Waals surface area contributed by atoms with Crippen LogP contribution >= 0.6 is 0 Å². The van der Waals surface area contributed by atoms with Crippen LogP contribution in [0.4, 0.5) is 4.39 Å². The van der Waals surface area contributed by atoms with Gasteiger partial charge in [0, 0.05) is 6.54 Å². The molecule has 0 aliphatic rings. The minimum Gasteiger partial charge on any atom is -0.490 e. The van der Waals surface area contributed by atoms with Crippen molar-refractivity contribution in [2.45, 2.75) is 39.8 Å². The molecule has 1 atom stereocenters. The van der Waals surface area contributed by atoms with Gasteiger partial charge in [-0.25, -0.2) is 4.39 Å². The molecule has 0 fully saturated rings. The van der Waals surface area contributed by atoms with Crippen molar-refractivity contribution in [3.63, 3.8) is 0 Å². The molecular formula is C21H26FNO4. The lowest BCUT2D eigenvalue weighted by atomic mass is 10.2. The van der Waals surface area contributed by atoms with Gasteiger partial charge in [0.05, 0.1) is 13.2 Å². The van der Waals surface area contributed by atoms with Crippen LogP contribution in [0.15, 0.2) is 42.5 Å². The van der Waals surface area contributed by atoms with E-state index < -0.39 is 6.10 Å². The number of hydrogen-bond donors (Lipinski definition) is 1. The van der Waals surface area contributed by atoms with Crippen molar-refractivity contribution in [1.82, 2.24) is 5.32 Å². The summed E-state index contributed by atoms with van der Waals surface area (Å²) in [6.07, 6.45) is -0.152. The van der Waals surface area contributed by atoms with Crippen molar-refractivity contribution in [2.75, 3.05) is 13.2 Å². The molecule has 2 rings (SSSR count). The van der Waals surface area contributed by atoms with Crippen LogP contribution in [0.25, 0.3) is 0 Å². The maximum absolute atomic E-state index is 13.0. The van der Waals surface area contributed by atoms with Crippen LogP contribution in [0.3, 0.4) is 0 Å². The summed E-state index contributed by atoms with van der Waals surface area (Å²) in [5.41, 5.74) is 0.895. The van der Waals surface area contributed by atoms with Crippen LogP contribution in [0.5, 0.6) is 17.2 Å². The van der Waals surface area contributed by atoms with E-state index >= 15 is 0 Å². The second-order valence-corrected chi connectivity index (χ2v) is 5.83. The van der Waals surface area contributed by atoms with Crippen LogP contribution < -0.4 is 19.5 Å². The Hall–Kier alpha value is -2.76. The monoisotopic (exact) mass is 375 g/mol. The number of carbonyl (C=O) groups is 1. The molecular weight excluding hydrogens is 349 g/mol. The third kappa shape index (κ3) is 6.16. The van der Waals surface area contributed by atoms with Gasteiger partial charge in [0.1, 0.15) is 11.6 Å². The average Bonchev–Trinajstić information content (AvgIpc) is 2.67. The fourth-order valence-corrected chi connectivity index (χ4v) is 2.51. The first-order valence-electron chi connectivity index (χ1n) is 9.15. The standard InChI is InChI=1S/C21H26FNO4/c1-4-18(27-17-10-8-16(22)9-11-17)21(24)23-14-15-7-12-19(25-5-2)20(13-15)26-6-3/h7-13,18H,4-6,14H2,1-3H3,(H,23,24). The van der Waals surface area contributed by atoms with Crippen molar-refractivity contribution in [2.24, 2.45) is 0 Å². The highest BCUT2D eigenvalue weighted by Crippen LogP contribution is 2.28. The maximum atomic E-state index is 13.0. The van der Waals surface area contributed by atoms with E-state index in [1.807, 2.05) is 39.0 Å². The zero-order chi connectivity index (χ0) is 19.6. The predicted octanol–water partition coefficient (Wildman–Crippen LogP) is 4.10. The average molecular weight is 375 g/mol. The van der Waals surface area contributed by atoms with Crippen molar-refractivity contribution >= 4 is 5.91 Å². The SMILES string of the molecule is CCOc1ccc(CNC(=O)C(CC)Oc2ccc(F)cc2)cc1OCC. The zero-order valence-electron chi connectivity index (χ0n) is 16.0. The van der Waals surface area contributed by atoms with Crippen LogP contribution in [0.2, 0.25) is 0 Å². The number of carbonyl (C=O) groups excluding carboxylic acids is 1. The first-order chi connectivity index (χ1) is 13.1. The Labute approximate surface area is 159 Å². The Balaban J connectivity index is 1.98. The zero-order valence-corrected chi connectivity index (χ0v) is 16.0. The van der Waals surface area contributed by atoms with E-state index in [1.165, 1.54) is 24.3 Å². The number of ether oxygens (including phenoxy) is 3. The van der Waals surface area contributed by atoms with Gasteiger partial charge in [-0.3, -0.25) is 4.79 Å². The molecule has 1 unspecified atom stereocenters. The first-order valence-corrected chi connectivity index (χ1v) is 9.15. The lowest BCUT2D eigenvalue weighted by Crippen LogP contribution is -2.37. The quantitative estimate of drug-likeness (QED) is 0.679. The summed E-state index contributed by atoms with van der Waals surface area (Å²) in [5, 5.41) is 2.87. The lowest BCUT2D eigenvalue weighted by molar-refractivity contribution is -0.128. The van der Waals surface area contributed by atoms with Crippen molar-refractivity contribution in [3.8, 4) is 17.2 Å². The van der Waals surface area contributed by atoms with Crippen molar-refractivity contribution in [1.29, 1.82) is 0 Å². The highest BCUT2D eigenvalue weighted by molar-refractivity contribution is 5.81. The van der Waals surface area contributed by atoms with Crippen molar-refractivity contribution in [3.05, 3.63) is 53.8 Å². The Morgan fingerprint density at radius 3 is 2.30 bits per heavy atom. The van der Waals surface area contributed by atoms with Crippen LogP contribution in [-0.2, 0) is 11.3 Å². The van der Waals surface area contributed by atoms with Gasteiger partial charge in [0.2, 0.25) is 0 Å². The lowest BCUT2D eigenvalue weighted by Gasteiger charge is -2.18. The molecule has 146 valence electrons. The summed E-state index contributed by atoms with van der Waals surface area (Å²) in [6, 6.07) is 11.2. The van der Waals surface area contributed by atoms with E-state index in [4.69, 9.17) is 14.2 Å². The molecule has 0 radical (unpaired) electrons. The summed E-state index contributed by atoms with van der Waals surface area (Å²) in [5.74, 6) is 1.22. The molecule has 5 nitrogen and oxygen atoms in total. The predicted molar refractivity (Wildman–Crippen MR) is 102 cm³/mol. The number of halogens is 1. The smallest absolute Gasteiger partial charge is 0.261 e. The molecule has 0 bridgehead atoms. The van der Waals surface area contributed by atoms with Gasteiger partial charge in [-0.1, -0.05) is 13.0 Å². The maximum Gasteiger partial charge on any atom is 0.261 e. The second-order valence-electron chi connectivity index (χ2n) is 5.83. The van der Waals surface area contributed by atoms with E-state index in [9.17, 15) is 9.18 Å². The van der Waals surface area contributed by atoms with Crippen molar-refractivity contribution < 1.29 is 23.4 Å². The summed E-state index contributed by atoms with van der Waals surface area (Å²) in [4.78, 5) is 12.4. The van der Waals surface area contributed by atoms with E-state index in [0.29, 0.717) is 43.4 Å². The van der Waals surface area contributed by atoms with E-state index in [0.717, 1.165) is 5.56 Å². The fourth-order valence-electron chi connectivity index (χ4n) is 2.51. The Morgan fingerprint density at radius 1 is 1.00 bits per heavy atom. The summed E-state index contributed by atoms with van der Waals surface area (Å²) < 4.78 is 29.8. The van der Waals surface area contributed by atoms with Crippen LogP contribution in [0.1, 0.15) is 32.8 Å². The third-order valence-corrected chi connectivity index (χ3v) is 3.83. The number of benzene rings is 2. The van der Waals surface area contributed by atoms with E-state index in [-0.39, 0.29) is 11.7 Å². The number of rotatable bonds is 10. The molecule has 1 amide bonds. The molecule has 0 aromatic heterocycles. The topological polar surface area (TPSA) is 56.8 Å². The third-order valence-electron chi connectivity index (χ3n) is 3.83. The molecule has 1 N–H and O–H groups in total. The number of nitrogens with one attached hydrogen (secondary N) is 1. The molecule has 0 saturated carbocycles. The highest BCUT2D eigenvalue weighted by atomic mass is 19.1. The van der Waals surface area contributed by atoms with Gasteiger partial charge in [-0.05, 0) is 62.2 Å². The molecule has 0 spiro atoms. The molecule has 27 heavy (non-hydrogen) atoms. The Bertz CT molecular complexity index is 733. The first kappa shape index (κ1) is 20.6. The molecule has 2 aromatic carbocycles. The molecule has 0 heterocycles. The molecule has 6 heteroatoms. The molecule has 2 aromatic rings. The van der Waals surface area contributed by atoms with Gasteiger partial charge in [0.25, 0.3) is 5.91 Å². The van der Waals surface area contributed by atoms with Gasteiger partial charge in [-0.15, -0.1) is 0 Å². The minimum absolute atomic E-state index is 0.228. The molecule has 0 saturated heterocycles. The normalized spacial score (nSPS) is 11.6. The minimum atomic E-state index is -0.649. The number of hydrogen-bond acceptors (Lipinski definition) is 4. The van der Waals surface area contributed by atoms with Gasteiger partial charge in [-0.2, -0.15) is 0 Å². The van der Waals surface area contributed by atoms with Crippen LogP contribution in [-0.4, -0.2) is 25.2 Å². The number of amides is 1. The van der Waals surface area contributed by atoms with Gasteiger partial charge in [0.15, 0.2) is 17.6 Å². The van der Waals surface area contributed by atoms with E-state index in [1.54, 1.807) is 0 Å². The van der Waals surface area contributed by atoms with E-state index in [2.05, 4.69) is 5.32 Å². The summed E-state index contributed by atoms with van der Waals surface area (Å²) in [7, 11) is 0. The molecule has 0 aliphatic heterocycles. The van der Waals surface area contributed by atoms with Crippen LogP contribution in [0, 0.1) is 5.82 Å². The van der Waals surface area contributed by atoms with Gasteiger partial charge >= 0.3 is 0 Å². The molecule has 0 aliphatic carbocycles. The Morgan fingerprint density at radius 2 is 1.67 bits per heavy atom. The fraction of sp³-hybridized carbons (Fsp3) is 0.381. The summed E-state index contributed by atoms with van der Waals surface area (Å²) >= 11 is 0. The largest absolute Gasteiger partial charge is 0.490 e. The summed E-state index contributed by atoms with van der Waals surface area (Å²) in [6.45, 7) is 7.10. The van der Waals surface area contributed by atoms with Gasteiger partial charge < -0.3 is 19.5 Å². The highest BCUT2D eigenvalue weighted by Gasteiger charge is 2.18. The Kier molecular flexibility index (Phi) is 7.92.